The van der Waals surface area contributed by atoms with Gasteiger partial charge >= 0.3 is 6.18 Å². The Balaban J connectivity index is 1.91. The van der Waals surface area contributed by atoms with E-state index < -0.39 is 12.7 Å². The maximum atomic E-state index is 12.6. The number of hydrogen-bond donors (Lipinski definition) is 1. The first kappa shape index (κ1) is 16.3. The highest BCUT2D eigenvalue weighted by Gasteiger charge is 2.37. The van der Waals surface area contributed by atoms with E-state index in [0.29, 0.717) is 12.6 Å². The number of nitrogens with one attached hydrogen (secondary N) is 1. The second-order valence-corrected chi connectivity index (χ2v) is 6.10. The van der Waals surface area contributed by atoms with E-state index in [0.717, 1.165) is 30.5 Å². The summed E-state index contributed by atoms with van der Waals surface area (Å²) in [6.07, 6.45) is -2.36. The lowest BCUT2D eigenvalue weighted by atomic mass is 10.1. The average molecular weight is 300 g/mol. The molecule has 1 aromatic rings. The molecule has 1 N–H and O–H groups in total. The van der Waals surface area contributed by atoms with Crippen LogP contribution < -0.4 is 5.32 Å². The molecule has 0 saturated heterocycles. The van der Waals surface area contributed by atoms with Crippen LogP contribution in [0.3, 0.4) is 0 Å². The monoisotopic (exact) mass is 300 g/mol. The molecule has 118 valence electrons. The number of halogens is 3. The van der Waals surface area contributed by atoms with Gasteiger partial charge in [0.25, 0.3) is 0 Å². The molecule has 0 heterocycles. The summed E-state index contributed by atoms with van der Waals surface area (Å²) >= 11 is 0. The molecule has 21 heavy (non-hydrogen) atoms. The number of hydrogen-bond acceptors (Lipinski definition) is 2. The van der Waals surface area contributed by atoms with Gasteiger partial charge in [0, 0.05) is 25.2 Å². The fourth-order valence-corrected chi connectivity index (χ4v) is 2.30. The first-order valence-corrected chi connectivity index (χ1v) is 7.45. The van der Waals surface area contributed by atoms with Crippen LogP contribution in [0.4, 0.5) is 13.2 Å². The van der Waals surface area contributed by atoms with Gasteiger partial charge in [-0.1, -0.05) is 38.1 Å². The second-order valence-electron chi connectivity index (χ2n) is 6.10. The van der Waals surface area contributed by atoms with Gasteiger partial charge in [-0.15, -0.1) is 0 Å². The standard InChI is InChI=1S/C16H23F3N2/c1-12(2)20-9-13-3-5-14(6-4-13)10-21(15-7-8-15)11-16(17,18)19/h3-6,12,15,20H,7-11H2,1-2H3. The van der Waals surface area contributed by atoms with Crippen molar-refractivity contribution in [1.29, 1.82) is 0 Å². The Labute approximate surface area is 124 Å². The maximum Gasteiger partial charge on any atom is 0.401 e. The molecule has 1 aliphatic rings. The highest BCUT2D eigenvalue weighted by molar-refractivity contribution is 5.22. The minimum atomic E-state index is -4.12. The Hall–Kier alpha value is -1.07. The van der Waals surface area contributed by atoms with Crippen LogP contribution in [0.25, 0.3) is 0 Å². The largest absolute Gasteiger partial charge is 0.401 e. The van der Waals surface area contributed by atoms with Gasteiger partial charge in [0.05, 0.1) is 6.54 Å². The first-order chi connectivity index (χ1) is 9.83. The van der Waals surface area contributed by atoms with Crippen molar-refractivity contribution in [2.45, 2.75) is 58.0 Å². The van der Waals surface area contributed by atoms with Crippen molar-refractivity contribution < 1.29 is 13.2 Å². The predicted octanol–water partition coefficient (Wildman–Crippen LogP) is 3.71. The predicted molar refractivity (Wildman–Crippen MR) is 77.9 cm³/mol. The zero-order valence-corrected chi connectivity index (χ0v) is 12.6. The van der Waals surface area contributed by atoms with Crippen molar-refractivity contribution in [3.63, 3.8) is 0 Å². The Morgan fingerprint density at radius 3 is 2.19 bits per heavy atom. The van der Waals surface area contributed by atoms with Crippen molar-refractivity contribution in [2.75, 3.05) is 6.54 Å². The molecule has 2 nitrogen and oxygen atoms in total. The van der Waals surface area contributed by atoms with Crippen LogP contribution >= 0.6 is 0 Å². The Morgan fingerprint density at radius 2 is 1.71 bits per heavy atom. The van der Waals surface area contributed by atoms with Crippen LogP contribution in [-0.2, 0) is 13.1 Å². The summed E-state index contributed by atoms with van der Waals surface area (Å²) in [5.41, 5.74) is 2.10. The summed E-state index contributed by atoms with van der Waals surface area (Å²) in [4.78, 5) is 1.54. The summed E-state index contributed by atoms with van der Waals surface area (Å²) in [7, 11) is 0. The first-order valence-electron chi connectivity index (χ1n) is 7.45. The number of benzene rings is 1. The molecule has 0 spiro atoms. The molecule has 1 aliphatic carbocycles. The Morgan fingerprint density at radius 1 is 1.14 bits per heavy atom. The van der Waals surface area contributed by atoms with E-state index >= 15 is 0 Å². The molecule has 1 aromatic carbocycles. The molecule has 1 saturated carbocycles. The highest BCUT2D eigenvalue weighted by Crippen LogP contribution is 2.31. The molecule has 0 unspecified atom stereocenters. The van der Waals surface area contributed by atoms with Gasteiger partial charge in [0.1, 0.15) is 0 Å². The molecule has 0 aromatic heterocycles. The molecule has 0 amide bonds. The van der Waals surface area contributed by atoms with E-state index in [4.69, 9.17) is 0 Å². The number of alkyl halides is 3. The van der Waals surface area contributed by atoms with E-state index in [2.05, 4.69) is 19.2 Å². The fraction of sp³-hybridized carbons (Fsp3) is 0.625. The molecule has 0 aliphatic heterocycles. The zero-order valence-electron chi connectivity index (χ0n) is 12.6. The summed E-state index contributed by atoms with van der Waals surface area (Å²) in [5, 5.41) is 3.32. The summed E-state index contributed by atoms with van der Waals surface area (Å²) in [5.74, 6) is 0. The van der Waals surface area contributed by atoms with Crippen molar-refractivity contribution in [2.24, 2.45) is 0 Å². The maximum absolute atomic E-state index is 12.6. The van der Waals surface area contributed by atoms with Crippen LogP contribution in [0.1, 0.15) is 37.8 Å². The molecule has 0 bridgehead atoms. The van der Waals surface area contributed by atoms with Gasteiger partial charge in [-0.25, -0.2) is 0 Å². The lowest BCUT2D eigenvalue weighted by Gasteiger charge is -2.23. The van der Waals surface area contributed by atoms with Crippen LogP contribution in [0.5, 0.6) is 0 Å². The highest BCUT2D eigenvalue weighted by atomic mass is 19.4. The van der Waals surface area contributed by atoms with Gasteiger partial charge in [0.2, 0.25) is 0 Å². The second kappa shape index (κ2) is 6.79. The summed E-state index contributed by atoms with van der Waals surface area (Å²) in [6, 6.07) is 8.37. The number of nitrogens with zero attached hydrogens (tertiary/aromatic N) is 1. The third kappa shape index (κ3) is 6.06. The fourth-order valence-electron chi connectivity index (χ4n) is 2.30. The minimum absolute atomic E-state index is 0.105. The molecule has 5 heteroatoms. The van der Waals surface area contributed by atoms with E-state index in [1.54, 1.807) is 4.90 Å². The lowest BCUT2D eigenvalue weighted by molar-refractivity contribution is -0.148. The van der Waals surface area contributed by atoms with Crippen molar-refractivity contribution in [3.8, 4) is 0 Å². The van der Waals surface area contributed by atoms with E-state index in [9.17, 15) is 13.2 Å². The third-order valence-electron chi connectivity index (χ3n) is 3.57. The Kier molecular flexibility index (Phi) is 5.27. The smallest absolute Gasteiger partial charge is 0.310 e. The molecule has 0 radical (unpaired) electrons. The molecule has 2 rings (SSSR count). The average Bonchev–Trinajstić information content (AvgIpc) is 3.19. The van der Waals surface area contributed by atoms with E-state index in [1.807, 2.05) is 24.3 Å². The lowest BCUT2D eigenvalue weighted by Crippen LogP contribution is -2.35. The van der Waals surface area contributed by atoms with Crippen molar-refractivity contribution in [3.05, 3.63) is 35.4 Å². The van der Waals surface area contributed by atoms with E-state index in [-0.39, 0.29) is 6.04 Å². The van der Waals surface area contributed by atoms with E-state index in [1.165, 1.54) is 0 Å². The van der Waals surface area contributed by atoms with Crippen LogP contribution in [0.2, 0.25) is 0 Å². The minimum Gasteiger partial charge on any atom is -0.310 e. The zero-order chi connectivity index (χ0) is 15.5. The van der Waals surface area contributed by atoms with Gasteiger partial charge in [-0.05, 0) is 24.0 Å². The van der Waals surface area contributed by atoms with Crippen LogP contribution in [0.15, 0.2) is 24.3 Å². The number of rotatable bonds is 7. The molecule has 1 fully saturated rings. The van der Waals surface area contributed by atoms with Gasteiger partial charge in [0.15, 0.2) is 0 Å². The van der Waals surface area contributed by atoms with Gasteiger partial charge in [-0.2, -0.15) is 13.2 Å². The molecule has 0 atom stereocenters. The van der Waals surface area contributed by atoms with Crippen molar-refractivity contribution in [1.82, 2.24) is 10.2 Å². The topological polar surface area (TPSA) is 15.3 Å². The summed E-state index contributed by atoms with van der Waals surface area (Å²) < 4.78 is 37.8. The quantitative estimate of drug-likeness (QED) is 0.826. The van der Waals surface area contributed by atoms with Gasteiger partial charge < -0.3 is 5.32 Å². The van der Waals surface area contributed by atoms with Crippen LogP contribution in [-0.4, -0.2) is 29.7 Å². The molecular weight excluding hydrogens is 277 g/mol. The third-order valence-corrected chi connectivity index (χ3v) is 3.57. The Bertz CT molecular complexity index is 436. The SMILES string of the molecule is CC(C)NCc1ccc(CN(CC(F)(F)F)C2CC2)cc1. The normalized spacial score (nSPS) is 16.0. The van der Waals surface area contributed by atoms with Crippen LogP contribution in [0, 0.1) is 0 Å². The van der Waals surface area contributed by atoms with Crippen molar-refractivity contribution >= 4 is 0 Å². The molecular formula is C16H23F3N2. The van der Waals surface area contributed by atoms with Gasteiger partial charge in [-0.3, -0.25) is 4.90 Å². The summed E-state index contributed by atoms with van der Waals surface area (Å²) in [6.45, 7) is 4.52.